The molecule has 3 aromatic carbocycles. The number of fused-ring (bicyclic) bond motifs is 2. The molecule has 2 N–H and O–H groups in total. The van der Waals surface area contributed by atoms with Crippen molar-refractivity contribution < 1.29 is 28.9 Å². The maximum atomic E-state index is 15.4. The average molecular weight is 571 g/mol. The molecule has 1 aliphatic carbocycles. The van der Waals surface area contributed by atoms with E-state index >= 15 is 4.39 Å². The zero-order chi connectivity index (χ0) is 29.8. The molecule has 7 nitrogen and oxygen atoms in total. The van der Waals surface area contributed by atoms with Crippen LogP contribution in [0.4, 0.5) is 4.39 Å². The highest BCUT2D eigenvalue weighted by atomic mass is 19.1. The van der Waals surface area contributed by atoms with Gasteiger partial charge >= 0.3 is 5.97 Å². The number of benzene rings is 3. The van der Waals surface area contributed by atoms with Crippen LogP contribution in [0.3, 0.4) is 0 Å². The molecule has 4 aromatic rings. The number of hydrogen-bond donors (Lipinski definition) is 2. The standard InChI is InChI=1S/C34H35FN2O5/c1-19-11-21(23-15-36-37(16-23)18-34(3,4)40)12-20(2)32(19)26-7-9-28(35)33-27(26)8-10-29(33)42-24-5-6-25-22(13-31(38)39)17-41-30(25)14-24/h5-7,9,11-12,14-16,22,29,40H,8,10,13,17-18H2,1-4H3,(H,38,39). The zero-order valence-corrected chi connectivity index (χ0v) is 24.3. The number of aliphatic hydroxyl groups is 1. The number of aliphatic carboxylic acids is 1. The number of aromatic nitrogens is 2. The summed E-state index contributed by atoms with van der Waals surface area (Å²) in [5, 5.41) is 23.7. The van der Waals surface area contributed by atoms with Crippen molar-refractivity contribution in [3.05, 3.63) is 88.5 Å². The highest BCUT2D eigenvalue weighted by Gasteiger charge is 2.32. The molecule has 2 unspecified atom stereocenters. The van der Waals surface area contributed by atoms with Crippen LogP contribution in [0, 0.1) is 19.7 Å². The number of carboxylic acids is 1. The summed E-state index contributed by atoms with van der Waals surface area (Å²) in [5.74, 6) is -0.108. The molecular formula is C34H35FN2O5. The molecule has 218 valence electrons. The summed E-state index contributed by atoms with van der Waals surface area (Å²) in [6, 6.07) is 13.1. The fourth-order valence-corrected chi connectivity index (χ4v) is 6.45. The van der Waals surface area contributed by atoms with Crippen LogP contribution in [0.15, 0.2) is 54.9 Å². The van der Waals surface area contributed by atoms with Gasteiger partial charge < -0.3 is 19.7 Å². The van der Waals surface area contributed by atoms with Crippen molar-refractivity contribution >= 4 is 5.97 Å². The van der Waals surface area contributed by atoms with Crippen molar-refractivity contribution in [2.45, 2.75) is 71.1 Å². The summed E-state index contributed by atoms with van der Waals surface area (Å²) >= 11 is 0. The molecule has 6 rings (SSSR count). The van der Waals surface area contributed by atoms with Crippen LogP contribution in [0.5, 0.6) is 11.5 Å². The highest BCUT2D eigenvalue weighted by molar-refractivity contribution is 5.79. The van der Waals surface area contributed by atoms with Gasteiger partial charge in [-0.3, -0.25) is 9.48 Å². The molecule has 2 heterocycles. The Morgan fingerprint density at radius 1 is 1.14 bits per heavy atom. The van der Waals surface area contributed by atoms with Gasteiger partial charge in [-0.2, -0.15) is 5.10 Å². The van der Waals surface area contributed by atoms with Gasteiger partial charge in [0, 0.05) is 34.9 Å². The molecule has 2 aliphatic rings. The van der Waals surface area contributed by atoms with Gasteiger partial charge in [-0.05, 0) is 86.1 Å². The molecule has 2 atom stereocenters. The number of nitrogens with zero attached hydrogens (tertiary/aromatic N) is 2. The molecule has 0 bridgehead atoms. The number of rotatable bonds is 8. The van der Waals surface area contributed by atoms with Gasteiger partial charge in [0.15, 0.2) is 0 Å². The Morgan fingerprint density at radius 3 is 2.62 bits per heavy atom. The van der Waals surface area contributed by atoms with Crippen LogP contribution in [-0.4, -0.2) is 38.2 Å². The van der Waals surface area contributed by atoms with E-state index in [0.29, 0.717) is 43.1 Å². The van der Waals surface area contributed by atoms with E-state index in [0.717, 1.165) is 44.5 Å². The first-order valence-electron chi connectivity index (χ1n) is 14.3. The van der Waals surface area contributed by atoms with Gasteiger partial charge in [-0.25, -0.2) is 4.39 Å². The maximum absolute atomic E-state index is 15.4. The summed E-state index contributed by atoms with van der Waals surface area (Å²) < 4.78 is 29.2. The van der Waals surface area contributed by atoms with E-state index in [1.807, 2.05) is 30.6 Å². The molecule has 1 aliphatic heterocycles. The van der Waals surface area contributed by atoms with Gasteiger partial charge in [0.2, 0.25) is 0 Å². The number of carboxylic acid groups (broad SMARTS) is 1. The molecule has 0 amide bonds. The van der Waals surface area contributed by atoms with Crippen LogP contribution in [0.2, 0.25) is 0 Å². The first-order valence-corrected chi connectivity index (χ1v) is 14.3. The van der Waals surface area contributed by atoms with Gasteiger partial charge in [0.05, 0.1) is 31.4 Å². The van der Waals surface area contributed by atoms with E-state index in [2.05, 4.69) is 31.1 Å². The summed E-state index contributed by atoms with van der Waals surface area (Å²) in [7, 11) is 0. The minimum absolute atomic E-state index is 0.0166. The molecule has 1 aromatic heterocycles. The number of hydrogen-bond acceptors (Lipinski definition) is 5. The van der Waals surface area contributed by atoms with E-state index in [9.17, 15) is 15.0 Å². The molecule has 42 heavy (non-hydrogen) atoms. The Bertz CT molecular complexity index is 1660. The average Bonchev–Trinajstić information content (AvgIpc) is 3.63. The molecule has 0 saturated heterocycles. The zero-order valence-electron chi connectivity index (χ0n) is 24.3. The van der Waals surface area contributed by atoms with Crippen LogP contribution < -0.4 is 9.47 Å². The first kappa shape index (κ1) is 28.0. The quantitative estimate of drug-likeness (QED) is 0.243. The Kier molecular flexibility index (Phi) is 7.05. The predicted octanol–water partition coefficient (Wildman–Crippen LogP) is 6.76. The number of ether oxygens (including phenoxy) is 2. The van der Waals surface area contributed by atoms with E-state index in [-0.39, 0.29) is 18.2 Å². The Balaban J connectivity index is 1.28. The van der Waals surface area contributed by atoms with Crippen molar-refractivity contribution in [3.63, 3.8) is 0 Å². The van der Waals surface area contributed by atoms with E-state index in [1.165, 1.54) is 6.07 Å². The van der Waals surface area contributed by atoms with Crippen LogP contribution in [0.1, 0.15) is 66.5 Å². The number of halogens is 1. The van der Waals surface area contributed by atoms with Gasteiger partial charge in [-0.1, -0.05) is 24.3 Å². The molecule has 0 saturated carbocycles. The Labute approximate surface area is 244 Å². The van der Waals surface area contributed by atoms with Crippen molar-refractivity contribution in [3.8, 4) is 33.8 Å². The second-order valence-corrected chi connectivity index (χ2v) is 12.2. The van der Waals surface area contributed by atoms with Gasteiger partial charge in [0.25, 0.3) is 0 Å². The lowest BCUT2D eigenvalue weighted by atomic mass is 9.88. The molecule has 0 radical (unpaired) electrons. The summed E-state index contributed by atoms with van der Waals surface area (Å²) in [4.78, 5) is 11.2. The van der Waals surface area contributed by atoms with Crippen LogP contribution >= 0.6 is 0 Å². The third kappa shape index (κ3) is 5.39. The third-order valence-corrected chi connectivity index (χ3v) is 8.16. The normalized spacial score (nSPS) is 17.6. The minimum atomic E-state index is -0.858. The van der Waals surface area contributed by atoms with Crippen LogP contribution in [0.25, 0.3) is 22.3 Å². The largest absolute Gasteiger partial charge is 0.492 e. The number of aryl methyl sites for hydroxylation is 2. The molecular weight excluding hydrogens is 535 g/mol. The first-order chi connectivity index (χ1) is 20.0. The number of carbonyl (C=O) groups is 1. The van der Waals surface area contributed by atoms with Gasteiger partial charge in [-0.15, -0.1) is 0 Å². The SMILES string of the molecule is Cc1cc(-c2cnn(CC(C)(C)O)c2)cc(C)c1-c1ccc(F)c2c1CCC2Oc1ccc2c(c1)OCC2CC(=O)O. The smallest absolute Gasteiger partial charge is 0.304 e. The van der Waals surface area contributed by atoms with Crippen molar-refractivity contribution in [2.24, 2.45) is 0 Å². The summed E-state index contributed by atoms with van der Waals surface area (Å²) in [5.41, 5.74) is 7.87. The second kappa shape index (κ2) is 10.6. The fraction of sp³-hybridized carbons (Fsp3) is 0.353. The molecule has 0 fully saturated rings. The molecule has 0 spiro atoms. The maximum Gasteiger partial charge on any atom is 0.304 e. The monoisotopic (exact) mass is 570 g/mol. The highest BCUT2D eigenvalue weighted by Crippen LogP contribution is 2.45. The van der Waals surface area contributed by atoms with E-state index < -0.39 is 17.7 Å². The van der Waals surface area contributed by atoms with Crippen molar-refractivity contribution in [2.75, 3.05) is 6.61 Å². The summed E-state index contributed by atoms with van der Waals surface area (Å²) in [6.45, 7) is 8.40. The lowest BCUT2D eigenvalue weighted by Gasteiger charge is -2.19. The minimum Gasteiger partial charge on any atom is -0.492 e. The van der Waals surface area contributed by atoms with Gasteiger partial charge in [0.1, 0.15) is 23.4 Å². The second-order valence-electron chi connectivity index (χ2n) is 12.2. The molecule has 8 heteroatoms. The summed E-state index contributed by atoms with van der Waals surface area (Å²) in [6.07, 6.45) is 4.69. The lowest BCUT2D eigenvalue weighted by Crippen LogP contribution is -2.26. The predicted molar refractivity (Wildman–Crippen MR) is 157 cm³/mol. The Morgan fingerprint density at radius 2 is 1.90 bits per heavy atom. The van der Waals surface area contributed by atoms with E-state index in [1.54, 1.807) is 24.6 Å². The van der Waals surface area contributed by atoms with Crippen molar-refractivity contribution in [1.82, 2.24) is 9.78 Å². The lowest BCUT2D eigenvalue weighted by molar-refractivity contribution is -0.137. The van der Waals surface area contributed by atoms with E-state index in [4.69, 9.17) is 9.47 Å². The van der Waals surface area contributed by atoms with Crippen molar-refractivity contribution in [1.29, 1.82) is 0 Å². The fourth-order valence-electron chi connectivity index (χ4n) is 6.45. The van der Waals surface area contributed by atoms with Crippen LogP contribution in [-0.2, 0) is 17.8 Å². The Hall–Kier alpha value is -4.17. The third-order valence-electron chi connectivity index (χ3n) is 8.16. The topological polar surface area (TPSA) is 93.8 Å².